The molecule has 1 rings (SSSR count). The number of ether oxygens (including phenoxy) is 1. The summed E-state index contributed by atoms with van der Waals surface area (Å²) in [5, 5.41) is 5.92. The molecule has 122 valence electrons. The van der Waals surface area contributed by atoms with E-state index in [1.807, 2.05) is 0 Å². The minimum atomic E-state index is -1.24. The van der Waals surface area contributed by atoms with Gasteiger partial charge in [-0.15, -0.1) is 0 Å². The van der Waals surface area contributed by atoms with Crippen molar-refractivity contribution in [2.24, 2.45) is 5.41 Å². The van der Waals surface area contributed by atoms with Crippen molar-refractivity contribution in [1.29, 1.82) is 0 Å². The highest BCUT2D eigenvalue weighted by molar-refractivity contribution is 6.44. The van der Waals surface area contributed by atoms with Gasteiger partial charge in [0.25, 0.3) is 0 Å². The van der Waals surface area contributed by atoms with Crippen molar-refractivity contribution in [3.63, 3.8) is 0 Å². The van der Waals surface area contributed by atoms with Crippen molar-refractivity contribution in [2.45, 2.75) is 20.3 Å². The maximum atomic E-state index is 12.3. The monoisotopic (exact) mass is 346 g/mol. The molecule has 0 atom stereocenters. The summed E-state index contributed by atoms with van der Waals surface area (Å²) in [5.41, 5.74) is -0.863. The van der Waals surface area contributed by atoms with Gasteiger partial charge >= 0.3 is 0 Å². The van der Waals surface area contributed by atoms with E-state index < -0.39 is 11.3 Å². The zero-order valence-corrected chi connectivity index (χ0v) is 14.3. The molecule has 2 amide bonds. The fraction of sp³-hybridized carbons (Fsp3) is 0.467. The molecular formula is C15H20Cl2N2O3. The Morgan fingerprint density at radius 1 is 1.23 bits per heavy atom. The van der Waals surface area contributed by atoms with Crippen LogP contribution in [0, 0.1) is 5.41 Å². The SMILES string of the molecule is COCCCNC(=O)C(C)(C)C(=O)Nc1cccc(Cl)c1Cl. The first-order valence-corrected chi connectivity index (χ1v) is 7.59. The first-order chi connectivity index (χ1) is 10.3. The molecule has 7 heteroatoms. The van der Waals surface area contributed by atoms with Gasteiger partial charge in [-0.25, -0.2) is 0 Å². The average Bonchev–Trinajstić information content (AvgIpc) is 2.48. The molecular weight excluding hydrogens is 327 g/mol. The van der Waals surface area contributed by atoms with Crippen LogP contribution in [0.4, 0.5) is 5.69 Å². The van der Waals surface area contributed by atoms with Crippen molar-refractivity contribution < 1.29 is 14.3 Å². The summed E-state index contributed by atoms with van der Waals surface area (Å²) in [7, 11) is 1.59. The molecule has 0 spiro atoms. The van der Waals surface area contributed by atoms with E-state index in [0.717, 1.165) is 0 Å². The lowest BCUT2D eigenvalue weighted by atomic mass is 9.91. The second-order valence-corrected chi connectivity index (χ2v) is 6.07. The fourth-order valence-corrected chi connectivity index (χ4v) is 1.97. The van der Waals surface area contributed by atoms with Crippen molar-refractivity contribution in [2.75, 3.05) is 25.6 Å². The van der Waals surface area contributed by atoms with E-state index in [1.54, 1.807) is 39.2 Å². The van der Waals surface area contributed by atoms with Crippen molar-refractivity contribution in [1.82, 2.24) is 5.32 Å². The Labute approximate surface area is 140 Å². The van der Waals surface area contributed by atoms with Crippen molar-refractivity contribution in [3.8, 4) is 0 Å². The lowest BCUT2D eigenvalue weighted by Gasteiger charge is -2.23. The van der Waals surface area contributed by atoms with Crippen LogP contribution in [-0.4, -0.2) is 32.1 Å². The van der Waals surface area contributed by atoms with E-state index in [0.29, 0.717) is 30.3 Å². The van der Waals surface area contributed by atoms with Gasteiger partial charge in [0.05, 0.1) is 15.7 Å². The predicted octanol–water partition coefficient (Wildman–Crippen LogP) is 3.11. The normalized spacial score (nSPS) is 11.1. The number of hydrogen-bond donors (Lipinski definition) is 2. The molecule has 1 aromatic rings. The molecule has 0 fully saturated rings. The summed E-state index contributed by atoms with van der Waals surface area (Å²) in [4.78, 5) is 24.5. The zero-order valence-electron chi connectivity index (χ0n) is 12.8. The van der Waals surface area contributed by atoms with E-state index in [1.165, 1.54) is 0 Å². The standard InChI is InChI=1S/C15H20Cl2N2O3/c1-15(2,13(20)18-8-5-9-22-3)14(21)19-11-7-4-6-10(16)12(11)17/h4,6-7H,5,8-9H2,1-3H3,(H,18,20)(H,19,21). The van der Waals surface area contributed by atoms with Gasteiger partial charge < -0.3 is 15.4 Å². The number of carbonyl (C=O) groups excluding carboxylic acids is 2. The van der Waals surface area contributed by atoms with E-state index in [2.05, 4.69) is 10.6 Å². The quantitative estimate of drug-likeness (QED) is 0.588. The third-order valence-electron chi connectivity index (χ3n) is 3.15. The summed E-state index contributed by atoms with van der Waals surface area (Å²) in [6.45, 7) is 4.09. The number of nitrogens with one attached hydrogen (secondary N) is 2. The highest BCUT2D eigenvalue weighted by atomic mass is 35.5. The molecule has 0 bridgehead atoms. The largest absolute Gasteiger partial charge is 0.385 e. The first-order valence-electron chi connectivity index (χ1n) is 6.83. The molecule has 0 aliphatic rings. The molecule has 0 heterocycles. The van der Waals surface area contributed by atoms with Crippen LogP contribution in [0.5, 0.6) is 0 Å². The molecule has 0 aliphatic heterocycles. The van der Waals surface area contributed by atoms with Crippen molar-refractivity contribution >= 4 is 40.7 Å². The number of anilines is 1. The fourth-order valence-electron chi connectivity index (χ4n) is 1.62. The van der Waals surface area contributed by atoms with Gasteiger partial charge in [-0.05, 0) is 32.4 Å². The molecule has 5 nitrogen and oxygen atoms in total. The van der Waals surface area contributed by atoms with Gasteiger partial charge in [0.2, 0.25) is 11.8 Å². The Balaban J connectivity index is 2.69. The van der Waals surface area contributed by atoms with Gasteiger partial charge in [0, 0.05) is 20.3 Å². The molecule has 0 saturated heterocycles. The maximum Gasteiger partial charge on any atom is 0.239 e. The molecule has 0 saturated carbocycles. The number of rotatable bonds is 7. The smallest absolute Gasteiger partial charge is 0.239 e. The Morgan fingerprint density at radius 2 is 1.91 bits per heavy atom. The Bertz CT molecular complexity index is 548. The van der Waals surface area contributed by atoms with Gasteiger partial charge in [-0.3, -0.25) is 9.59 Å². The third kappa shape index (κ3) is 4.87. The second kappa shape index (κ2) is 8.36. The van der Waals surface area contributed by atoms with Crippen LogP contribution in [-0.2, 0) is 14.3 Å². The van der Waals surface area contributed by atoms with E-state index in [4.69, 9.17) is 27.9 Å². The third-order valence-corrected chi connectivity index (χ3v) is 3.96. The molecule has 22 heavy (non-hydrogen) atoms. The molecule has 0 aliphatic carbocycles. The topological polar surface area (TPSA) is 67.4 Å². The number of carbonyl (C=O) groups is 2. The van der Waals surface area contributed by atoms with Crippen LogP contribution in [0.25, 0.3) is 0 Å². The average molecular weight is 347 g/mol. The molecule has 1 aromatic carbocycles. The number of amides is 2. The summed E-state index contributed by atoms with van der Waals surface area (Å²) in [6.07, 6.45) is 0.681. The first kappa shape index (κ1) is 18.7. The van der Waals surface area contributed by atoms with E-state index >= 15 is 0 Å². The summed E-state index contributed by atoms with van der Waals surface area (Å²) in [6, 6.07) is 4.91. The van der Waals surface area contributed by atoms with Crippen LogP contribution in [0.2, 0.25) is 10.0 Å². The lowest BCUT2D eigenvalue weighted by Crippen LogP contribution is -2.45. The molecule has 0 aromatic heterocycles. The Morgan fingerprint density at radius 3 is 2.55 bits per heavy atom. The Kier molecular flexibility index (Phi) is 7.13. The van der Waals surface area contributed by atoms with Crippen molar-refractivity contribution in [3.05, 3.63) is 28.2 Å². The molecule has 0 unspecified atom stereocenters. The summed E-state index contributed by atoms with van der Waals surface area (Å²) >= 11 is 11.9. The maximum absolute atomic E-state index is 12.3. The highest BCUT2D eigenvalue weighted by Crippen LogP contribution is 2.30. The zero-order chi connectivity index (χ0) is 16.8. The summed E-state index contributed by atoms with van der Waals surface area (Å²) in [5.74, 6) is -0.819. The minimum absolute atomic E-state index is 0.244. The van der Waals surface area contributed by atoms with Gasteiger partial charge in [0.1, 0.15) is 5.41 Å². The van der Waals surface area contributed by atoms with E-state index in [-0.39, 0.29) is 10.9 Å². The molecule has 0 radical (unpaired) electrons. The van der Waals surface area contributed by atoms with Crippen LogP contribution in [0.3, 0.4) is 0 Å². The number of methoxy groups -OCH3 is 1. The highest BCUT2D eigenvalue weighted by Gasteiger charge is 2.36. The van der Waals surface area contributed by atoms with Crippen LogP contribution < -0.4 is 10.6 Å². The number of halogens is 2. The van der Waals surface area contributed by atoms with Crippen LogP contribution in [0.15, 0.2) is 18.2 Å². The number of benzene rings is 1. The second-order valence-electron chi connectivity index (χ2n) is 5.28. The van der Waals surface area contributed by atoms with Crippen LogP contribution >= 0.6 is 23.2 Å². The van der Waals surface area contributed by atoms with Gasteiger partial charge in [-0.1, -0.05) is 29.3 Å². The number of hydrogen-bond acceptors (Lipinski definition) is 3. The Hall–Kier alpha value is -1.30. The predicted molar refractivity (Wildman–Crippen MR) is 88.4 cm³/mol. The van der Waals surface area contributed by atoms with Gasteiger partial charge in [0.15, 0.2) is 0 Å². The lowest BCUT2D eigenvalue weighted by molar-refractivity contribution is -0.138. The van der Waals surface area contributed by atoms with Crippen LogP contribution in [0.1, 0.15) is 20.3 Å². The van der Waals surface area contributed by atoms with Gasteiger partial charge in [-0.2, -0.15) is 0 Å². The summed E-state index contributed by atoms with van der Waals surface area (Å²) < 4.78 is 4.90. The molecule has 2 N–H and O–H groups in total. The minimum Gasteiger partial charge on any atom is -0.385 e. The van der Waals surface area contributed by atoms with E-state index in [9.17, 15) is 9.59 Å².